The summed E-state index contributed by atoms with van der Waals surface area (Å²) in [6.07, 6.45) is 2.96. The van der Waals surface area contributed by atoms with E-state index in [1.807, 2.05) is 11.8 Å². The van der Waals surface area contributed by atoms with Crippen molar-refractivity contribution in [2.45, 2.75) is 38.8 Å². The van der Waals surface area contributed by atoms with E-state index in [4.69, 9.17) is 4.74 Å². The van der Waals surface area contributed by atoms with Crippen molar-refractivity contribution in [2.24, 2.45) is 0 Å². The molecule has 1 aromatic rings. The third kappa shape index (κ3) is 4.51. The highest BCUT2D eigenvalue weighted by Crippen LogP contribution is 2.23. The summed E-state index contributed by atoms with van der Waals surface area (Å²) in [5, 5.41) is 3.44. The second-order valence-corrected chi connectivity index (χ2v) is 6.51. The molecule has 0 bridgehead atoms. The summed E-state index contributed by atoms with van der Waals surface area (Å²) in [6, 6.07) is 7.25. The molecule has 0 aliphatic carbocycles. The van der Waals surface area contributed by atoms with Crippen LogP contribution in [0.25, 0.3) is 0 Å². The number of hydrogen-bond donors (Lipinski definition) is 1. The Hall–Kier alpha value is -0.510. The smallest absolute Gasteiger partial charge is 0.0666 e. The molecule has 1 aliphatic rings. The Morgan fingerprint density at radius 2 is 2.05 bits per heavy atom. The molecule has 2 rings (SSSR count). The molecule has 1 aromatic carbocycles. The Morgan fingerprint density at radius 1 is 1.32 bits per heavy atom. The van der Waals surface area contributed by atoms with E-state index < -0.39 is 0 Å². The highest BCUT2D eigenvalue weighted by Gasteiger charge is 2.17. The minimum absolute atomic E-state index is 0.435. The van der Waals surface area contributed by atoms with Crippen LogP contribution in [0.2, 0.25) is 0 Å². The Balaban J connectivity index is 1.87. The van der Waals surface area contributed by atoms with Gasteiger partial charge >= 0.3 is 0 Å². The van der Waals surface area contributed by atoms with E-state index in [2.05, 4.69) is 44.4 Å². The molecule has 1 heterocycles. The van der Waals surface area contributed by atoms with Gasteiger partial charge in [-0.15, -0.1) is 0 Å². The Bertz CT molecular complexity index is 381. The zero-order chi connectivity index (χ0) is 13.7. The van der Waals surface area contributed by atoms with E-state index >= 15 is 0 Å². The van der Waals surface area contributed by atoms with Gasteiger partial charge in [-0.3, -0.25) is 0 Å². The topological polar surface area (TPSA) is 21.3 Å². The van der Waals surface area contributed by atoms with Crippen LogP contribution in [0.15, 0.2) is 18.2 Å². The van der Waals surface area contributed by atoms with Gasteiger partial charge in [-0.1, -0.05) is 29.3 Å². The maximum Gasteiger partial charge on any atom is 0.0666 e. The number of thioether (sulfide) groups is 1. The lowest BCUT2D eigenvalue weighted by Gasteiger charge is -2.18. The van der Waals surface area contributed by atoms with Gasteiger partial charge in [0.15, 0.2) is 0 Å². The molecule has 1 fully saturated rings. The van der Waals surface area contributed by atoms with Crippen LogP contribution in [0, 0.1) is 13.8 Å². The maximum atomic E-state index is 5.67. The highest BCUT2D eigenvalue weighted by atomic mass is 32.2. The number of benzene rings is 1. The summed E-state index contributed by atoms with van der Waals surface area (Å²) in [5.74, 6) is 2.24. The molecule has 0 radical (unpaired) electrons. The van der Waals surface area contributed by atoms with E-state index in [0.29, 0.717) is 12.1 Å². The van der Waals surface area contributed by atoms with Crippen molar-refractivity contribution in [3.63, 3.8) is 0 Å². The first kappa shape index (κ1) is 14.9. The van der Waals surface area contributed by atoms with Gasteiger partial charge in [0.2, 0.25) is 0 Å². The molecule has 2 nitrogen and oxygen atoms in total. The first-order chi connectivity index (χ1) is 9.19. The molecule has 0 aromatic heterocycles. The molecule has 2 unspecified atom stereocenters. The molecule has 3 heteroatoms. The van der Waals surface area contributed by atoms with E-state index in [-0.39, 0.29) is 0 Å². The van der Waals surface area contributed by atoms with Gasteiger partial charge in [-0.05, 0) is 39.3 Å². The van der Waals surface area contributed by atoms with Crippen LogP contribution < -0.4 is 5.32 Å². The first-order valence-electron chi connectivity index (χ1n) is 7.14. The summed E-state index contributed by atoms with van der Waals surface area (Å²) >= 11 is 2.00. The third-order valence-corrected chi connectivity index (χ3v) is 4.78. The van der Waals surface area contributed by atoms with E-state index in [9.17, 15) is 0 Å². The Morgan fingerprint density at radius 3 is 2.63 bits per heavy atom. The molecule has 106 valence electrons. The summed E-state index contributed by atoms with van der Waals surface area (Å²) in [6.45, 7) is 5.29. The fraction of sp³-hybridized carbons (Fsp3) is 0.625. The van der Waals surface area contributed by atoms with Crippen molar-refractivity contribution in [3.05, 3.63) is 34.9 Å². The number of hydrogen-bond acceptors (Lipinski definition) is 3. The standard InChI is InChI=1S/C16H25NOS/c1-12-7-13(2)9-14(8-12)16(17-3)11-19-10-15-5-4-6-18-15/h7-9,15-17H,4-6,10-11H2,1-3H3. The minimum Gasteiger partial charge on any atom is -0.377 e. The van der Waals surface area contributed by atoms with Gasteiger partial charge in [0.05, 0.1) is 6.10 Å². The van der Waals surface area contributed by atoms with E-state index in [1.54, 1.807) is 0 Å². The highest BCUT2D eigenvalue weighted by molar-refractivity contribution is 7.99. The maximum absolute atomic E-state index is 5.67. The molecule has 1 saturated heterocycles. The van der Waals surface area contributed by atoms with E-state index in [0.717, 1.165) is 18.1 Å². The summed E-state index contributed by atoms with van der Waals surface area (Å²) < 4.78 is 5.67. The predicted octanol–water partition coefficient (Wildman–Crippen LogP) is 3.48. The normalized spacial score (nSPS) is 20.7. The Kier molecular flexibility index (Phi) is 5.74. The molecule has 0 spiro atoms. The number of ether oxygens (including phenoxy) is 1. The van der Waals surface area contributed by atoms with Crippen LogP contribution >= 0.6 is 11.8 Å². The lowest BCUT2D eigenvalue weighted by Crippen LogP contribution is -2.20. The fourth-order valence-corrected chi connectivity index (χ4v) is 3.91. The van der Waals surface area contributed by atoms with Crippen LogP contribution in [-0.4, -0.2) is 31.3 Å². The van der Waals surface area contributed by atoms with Gasteiger partial charge in [0, 0.05) is 24.2 Å². The van der Waals surface area contributed by atoms with Crippen LogP contribution in [0.5, 0.6) is 0 Å². The molecule has 1 N–H and O–H groups in total. The molecule has 1 aliphatic heterocycles. The quantitative estimate of drug-likeness (QED) is 0.861. The molecule has 0 saturated carbocycles. The second kappa shape index (κ2) is 7.32. The molecule has 2 atom stereocenters. The van der Waals surface area contributed by atoms with Crippen molar-refractivity contribution in [3.8, 4) is 0 Å². The summed E-state index contributed by atoms with van der Waals surface area (Å²) in [4.78, 5) is 0. The van der Waals surface area contributed by atoms with Gasteiger partial charge < -0.3 is 10.1 Å². The molecular weight excluding hydrogens is 254 g/mol. The van der Waals surface area contributed by atoms with Crippen LogP contribution in [-0.2, 0) is 4.74 Å². The van der Waals surface area contributed by atoms with Gasteiger partial charge in [0.25, 0.3) is 0 Å². The largest absolute Gasteiger partial charge is 0.377 e. The van der Waals surface area contributed by atoms with Crippen LogP contribution in [0.3, 0.4) is 0 Å². The van der Waals surface area contributed by atoms with Crippen LogP contribution in [0.4, 0.5) is 0 Å². The number of aryl methyl sites for hydroxylation is 2. The van der Waals surface area contributed by atoms with Crippen LogP contribution in [0.1, 0.15) is 35.6 Å². The summed E-state index contributed by atoms with van der Waals surface area (Å²) in [5.41, 5.74) is 4.10. The second-order valence-electron chi connectivity index (χ2n) is 5.43. The van der Waals surface area contributed by atoms with Gasteiger partial charge in [-0.25, -0.2) is 0 Å². The third-order valence-electron chi connectivity index (χ3n) is 3.61. The average molecular weight is 279 g/mol. The molecular formula is C16H25NOS. The minimum atomic E-state index is 0.435. The first-order valence-corrected chi connectivity index (χ1v) is 8.29. The van der Waals surface area contributed by atoms with Crippen molar-refractivity contribution in [1.82, 2.24) is 5.32 Å². The average Bonchev–Trinajstić information content (AvgIpc) is 2.86. The molecule has 19 heavy (non-hydrogen) atoms. The predicted molar refractivity (Wildman–Crippen MR) is 84.0 cm³/mol. The van der Waals surface area contributed by atoms with Crippen molar-refractivity contribution in [1.29, 1.82) is 0 Å². The fourth-order valence-electron chi connectivity index (χ4n) is 2.65. The lowest BCUT2D eigenvalue weighted by atomic mass is 10.0. The SMILES string of the molecule is CNC(CSCC1CCCO1)c1cc(C)cc(C)c1. The number of rotatable bonds is 6. The zero-order valence-electron chi connectivity index (χ0n) is 12.2. The lowest BCUT2D eigenvalue weighted by molar-refractivity contribution is 0.129. The Labute approximate surface area is 121 Å². The van der Waals surface area contributed by atoms with Gasteiger partial charge in [0.1, 0.15) is 0 Å². The molecule has 0 amide bonds. The zero-order valence-corrected chi connectivity index (χ0v) is 13.1. The van der Waals surface area contributed by atoms with Gasteiger partial charge in [-0.2, -0.15) is 11.8 Å². The number of nitrogens with one attached hydrogen (secondary N) is 1. The summed E-state index contributed by atoms with van der Waals surface area (Å²) in [7, 11) is 2.05. The van der Waals surface area contributed by atoms with Crippen molar-refractivity contribution < 1.29 is 4.74 Å². The van der Waals surface area contributed by atoms with Crippen molar-refractivity contribution in [2.75, 3.05) is 25.2 Å². The van der Waals surface area contributed by atoms with Crippen molar-refractivity contribution >= 4 is 11.8 Å². The van der Waals surface area contributed by atoms with E-state index in [1.165, 1.54) is 29.5 Å². The monoisotopic (exact) mass is 279 g/mol.